The van der Waals surface area contributed by atoms with Crippen molar-refractivity contribution in [2.75, 3.05) is 5.73 Å². The van der Waals surface area contributed by atoms with Crippen molar-refractivity contribution in [3.8, 4) is 0 Å². The minimum atomic E-state index is -0.576. The van der Waals surface area contributed by atoms with Crippen molar-refractivity contribution in [1.82, 2.24) is 14.8 Å². The molecule has 2 aromatic rings. The highest BCUT2D eigenvalue weighted by molar-refractivity contribution is 5.97. The molecule has 6 nitrogen and oxygen atoms in total. The molecule has 1 amide bonds. The van der Waals surface area contributed by atoms with Gasteiger partial charge in [0.25, 0.3) is 5.91 Å². The Hall–Kier alpha value is -2.37. The van der Waals surface area contributed by atoms with E-state index in [0.29, 0.717) is 0 Å². The van der Waals surface area contributed by atoms with Gasteiger partial charge in [0, 0.05) is 12.4 Å². The van der Waals surface area contributed by atoms with E-state index in [9.17, 15) is 4.79 Å². The van der Waals surface area contributed by atoms with E-state index in [0.717, 1.165) is 5.56 Å². The molecule has 1 unspecified atom stereocenters. The lowest BCUT2D eigenvalue weighted by molar-refractivity contribution is 0.100. The molecule has 0 aliphatic heterocycles. The summed E-state index contributed by atoms with van der Waals surface area (Å²) in [5.74, 6) is -0.297. The third-order valence-corrected chi connectivity index (χ3v) is 3.16. The lowest BCUT2D eigenvalue weighted by atomic mass is 9.83. The van der Waals surface area contributed by atoms with Crippen LogP contribution < -0.4 is 11.5 Å². The van der Waals surface area contributed by atoms with Crippen LogP contribution in [0.4, 0.5) is 5.82 Å². The summed E-state index contributed by atoms with van der Waals surface area (Å²) in [6.07, 6.45) is 4.90. The molecule has 0 fully saturated rings. The zero-order valence-corrected chi connectivity index (χ0v) is 11.9. The van der Waals surface area contributed by atoms with Gasteiger partial charge >= 0.3 is 0 Å². The topological polar surface area (TPSA) is 99.8 Å². The molecule has 0 bridgehead atoms. The summed E-state index contributed by atoms with van der Waals surface area (Å²) < 4.78 is 1.64. The molecule has 0 saturated heterocycles. The van der Waals surface area contributed by atoms with Crippen LogP contribution in [0.15, 0.2) is 30.7 Å². The molecule has 0 aliphatic carbocycles. The van der Waals surface area contributed by atoms with Crippen LogP contribution in [-0.4, -0.2) is 20.7 Å². The summed E-state index contributed by atoms with van der Waals surface area (Å²) in [5, 5.41) is 4.24. The van der Waals surface area contributed by atoms with Crippen LogP contribution in [0.3, 0.4) is 0 Å². The van der Waals surface area contributed by atoms with Gasteiger partial charge in [-0.3, -0.25) is 9.78 Å². The molecule has 4 N–H and O–H groups in total. The number of rotatable bonds is 3. The predicted octanol–water partition coefficient (Wildman–Crippen LogP) is 1.59. The Morgan fingerprint density at radius 1 is 1.35 bits per heavy atom. The molecular weight excluding hydrogens is 254 g/mol. The van der Waals surface area contributed by atoms with E-state index in [1.165, 1.54) is 6.20 Å². The lowest BCUT2D eigenvalue weighted by Gasteiger charge is -2.31. The maximum Gasteiger partial charge on any atom is 0.254 e. The van der Waals surface area contributed by atoms with Gasteiger partial charge in [0.1, 0.15) is 11.4 Å². The Labute approximate surface area is 117 Å². The first-order valence-electron chi connectivity index (χ1n) is 6.35. The fourth-order valence-electron chi connectivity index (χ4n) is 2.31. The largest absolute Gasteiger partial charge is 0.383 e. The molecular formula is C14H19N5O. The first kappa shape index (κ1) is 14.0. The van der Waals surface area contributed by atoms with Crippen LogP contribution in [0.5, 0.6) is 0 Å². The molecule has 0 aliphatic rings. The van der Waals surface area contributed by atoms with Crippen molar-refractivity contribution in [2.45, 2.75) is 26.8 Å². The minimum absolute atomic E-state index is 0.135. The smallest absolute Gasteiger partial charge is 0.254 e. The van der Waals surface area contributed by atoms with Crippen LogP contribution in [0.25, 0.3) is 0 Å². The standard InChI is InChI=1S/C14H19N5O/c1-14(2,3)11(9-5-4-6-17-7-9)19-12(15)10(8-18-19)13(16)20/h4-8,11H,15H2,1-3H3,(H2,16,20). The molecule has 106 valence electrons. The van der Waals surface area contributed by atoms with E-state index in [-0.39, 0.29) is 22.8 Å². The van der Waals surface area contributed by atoms with E-state index < -0.39 is 5.91 Å². The minimum Gasteiger partial charge on any atom is -0.383 e. The number of carbonyl (C=O) groups excluding carboxylic acids is 1. The molecule has 2 heterocycles. The highest BCUT2D eigenvalue weighted by Gasteiger charge is 2.31. The van der Waals surface area contributed by atoms with Gasteiger partial charge in [0.15, 0.2) is 0 Å². The number of nitrogens with zero attached hydrogens (tertiary/aromatic N) is 3. The average molecular weight is 273 g/mol. The van der Waals surface area contributed by atoms with E-state index >= 15 is 0 Å². The second-order valence-electron chi connectivity index (χ2n) is 5.81. The van der Waals surface area contributed by atoms with Crippen molar-refractivity contribution < 1.29 is 4.79 Å². The maximum absolute atomic E-state index is 11.3. The summed E-state index contributed by atoms with van der Waals surface area (Å²) >= 11 is 0. The summed E-state index contributed by atoms with van der Waals surface area (Å²) in [6.45, 7) is 6.24. The quantitative estimate of drug-likeness (QED) is 0.887. The van der Waals surface area contributed by atoms with Crippen molar-refractivity contribution >= 4 is 11.7 Å². The summed E-state index contributed by atoms with van der Waals surface area (Å²) in [7, 11) is 0. The number of carbonyl (C=O) groups is 1. The molecule has 0 spiro atoms. The fourth-order valence-corrected chi connectivity index (χ4v) is 2.31. The molecule has 0 saturated carbocycles. The van der Waals surface area contributed by atoms with Crippen LogP contribution in [0.2, 0.25) is 0 Å². The van der Waals surface area contributed by atoms with Gasteiger partial charge in [-0.2, -0.15) is 5.10 Å². The Balaban J connectivity index is 2.57. The van der Waals surface area contributed by atoms with Gasteiger partial charge in [-0.05, 0) is 17.0 Å². The van der Waals surface area contributed by atoms with Gasteiger partial charge in [-0.25, -0.2) is 4.68 Å². The average Bonchev–Trinajstić information content (AvgIpc) is 2.71. The number of pyridine rings is 1. The van der Waals surface area contributed by atoms with E-state index in [4.69, 9.17) is 11.5 Å². The van der Waals surface area contributed by atoms with Gasteiger partial charge in [-0.1, -0.05) is 26.8 Å². The van der Waals surface area contributed by atoms with E-state index in [1.807, 2.05) is 12.1 Å². The predicted molar refractivity (Wildman–Crippen MR) is 77.0 cm³/mol. The molecule has 6 heteroatoms. The van der Waals surface area contributed by atoms with Crippen LogP contribution in [0, 0.1) is 5.41 Å². The number of aromatic nitrogens is 3. The zero-order chi connectivity index (χ0) is 14.9. The summed E-state index contributed by atoms with van der Waals surface area (Å²) in [5.41, 5.74) is 12.4. The van der Waals surface area contributed by atoms with Gasteiger partial charge in [0.05, 0.1) is 12.2 Å². The van der Waals surface area contributed by atoms with E-state index in [2.05, 4.69) is 30.9 Å². The highest BCUT2D eigenvalue weighted by Crippen LogP contribution is 2.37. The van der Waals surface area contributed by atoms with Gasteiger partial charge in [-0.15, -0.1) is 0 Å². The van der Waals surface area contributed by atoms with Crippen LogP contribution >= 0.6 is 0 Å². The molecule has 2 aromatic heterocycles. The second kappa shape index (κ2) is 4.96. The Bertz CT molecular complexity index is 612. The Morgan fingerprint density at radius 3 is 2.50 bits per heavy atom. The number of anilines is 1. The van der Waals surface area contributed by atoms with Crippen molar-refractivity contribution in [1.29, 1.82) is 0 Å². The van der Waals surface area contributed by atoms with Crippen LogP contribution in [-0.2, 0) is 0 Å². The Morgan fingerprint density at radius 2 is 2.05 bits per heavy atom. The van der Waals surface area contributed by atoms with Crippen LogP contribution in [0.1, 0.15) is 42.7 Å². The Kier molecular flexibility index (Phi) is 3.48. The number of nitrogen functional groups attached to an aromatic ring is 1. The molecule has 0 radical (unpaired) electrons. The van der Waals surface area contributed by atoms with Gasteiger partial charge < -0.3 is 11.5 Å². The van der Waals surface area contributed by atoms with Crippen molar-refractivity contribution in [3.63, 3.8) is 0 Å². The van der Waals surface area contributed by atoms with Crippen molar-refractivity contribution in [3.05, 3.63) is 41.9 Å². The zero-order valence-electron chi connectivity index (χ0n) is 11.9. The SMILES string of the molecule is CC(C)(C)C(c1cccnc1)n1ncc(C(N)=O)c1N. The first-order valence-corrected chi connectivity index (χ1v) is 6.35. The summed E-state index contributed by atoms with van der Waals surface area (Å²) in [4.78, 5) is 15.5. The number of nitrogens with two attached hydrogens (primary N) is 2. The lowest BCUT2D eigenvalue weighted by Crippen LogP contribution is -2.28. The number of amides is 1. The molecule has 2 rings (SSSR count). The maximum atomic E-state index is 11.3. The summed E-state index contributed by atoms with van der Waals surface area (Å²) in [6, 6.07) is 3.70. The highest BCUT2D eigenvalue weighted by atomic mass is 16.1. The molecule has 20 heavy (non-hydrogen) atoms. The number of hydrogen-bond acceptors (Lipinski definition) is 4. The normalized spacial score (nSPS) is 13.2. The third-order valence-electron chi connectivity index (χ3n) is 3.16. The van der Waals surface area contributed by atoms with Crippen molar-refractivity contribution in [2.24, 2.45) is 11.1 Å². The second-order valence-corrected chi connectivity index (χ2v) is 5.81. The third kappa shape index (κ3) is 2.49. The fraction of sp³-hybridized carbons (Fsp3) is 0.357. The monoisotopic (exact) mass is 273 g/mol. The molecule has 0 aromatic carbocycles. The number of primary amides is 1. The van der Waals surface area contributed by atoms with E-state index in [1.54, 1.807) is 17.1 Å². The van der Waals surface area contributed by atoms with Gasteiger partial charge in [0.2, 0.25) is 0 Å². The number of hydrogen-bond donors (Lipinski definition) is 2. The first-order chi connectivity index (χ1) is 9.32. The molecule has 1 atom stereocenters.